The fraction of sp³-hybridized carbons (Fsp3) is 0.143. The number of carbonyl (C=O) groups excluding carboxylic acids is 1. The summed E-state index contributed by atoms with van der Waals surface area (Å²) in [6.07, 6.45) is 6.23. The van der Waals surface area contributed by atoms with Crippen molar-refractivity contribution in [1.29, 1.82) is 0 Å². The van der Waals surface area contributed by atoms with E-state index in [9.17, 15) is 9.18 Å². The first-order chi connectivity index (χ1) is 14.1. The van der Waals surface area contributed by atoms with Crippen molar-refractivity contribution in [3.8, 4) is 5.82 Å². The van der Waals surface area contributed by atoms with Crippen LogP contribution in [0.25, 0.3) is 5.82 Å². The number of anilines is 1. The highest BCUT2D eigenvalue weighted by Gasteiger charge is 2.18. The molecule has 146 valence electrons. The van der Waals surface area contributed by atoms with Gasteiger partial charge < -0.3 is 0 Å². The third-order valence-electron chi connectivity index (χ3n) is 4.38. The molecule has 0 aliphatic carbocycles. The number of aromatic nitrogens is 4. The van der Waals surface area contributed by atoms with Crippen molar-refractivity contribution in [3.05, 3.63) is 88.6 Å². The van der Waals surface area contributed by atoms with Gasteiger partial charge in [0.1, 0.15) is 5.82 Å². The van der Waals surface area contributed by atoms with Crippen molar-refractivity contribution >= 4 is 22.4 Å². The molecule has 29 heavy (non-hydrogen) atoms. The minimum Gasteiger partial charge on any atom is -0.298 e. The Kier molecular flexibility index (Phi) is 5.44. The van der Waals surface area contributed by atoms with Gasteiger partial charge in [0.05, 0.1) is 17.5 Å². The lowest BCUT2D eigenvalue weighted by atomic mass is 10.1. The highest BCUT2D eigenvalue weighted by molar-refractivity contribution is 7.15. The number of carbonyl (C=O) groups is 1. The van der Waals surface area contributed by atoms with Crippen LogP contribution in [0.4, 0.5) is 9.52 Å². The maximum Gasteiger partial charge on any atom is 0.260 e. The number of rotatable bonds is 6. The molecule has 0 fully saturated rings. The zero-order valence-electron chi connectivity index (χ0n) is 15.7. The van der Waals surface area contributed by atoms with Crippen LogP contribution in [0.5, 0.6) is 0 Å². The molecule has 0 saturated carbocycles. The molecule has 0 radical (unpaired) electrons. The van der Waals surface area contributed by atoms with Crippen molar-refractivity contribution in [2.45, 2.75) is 19.8 Å². The fourth-order valence-corrected chi connectivity index (χ4v) is 3.84. The van der Waals surface area contributed by atoms with Gasteiger partial charge in [0.2, 0.25) is 0 Å². The van der Waals surface area contributed by atoms with E-state index >= 15 is 0 Å². The first kappa shape index (κ1) is 18.9. The average Bonchev–Trinajstić information content (AvgIpc) is 3.37. The van der Waals surface area contributed by atoms with Crippen LogP contribution in [-0.2, 0) is 12.8 Å². The second kappa shape index (κ2) is 8.32. The van der Waals surface area contributed by atoms with E-state index in [4.69, 9.17) is 0 Å². The van der Waals surface area contributed by atoms with Crippen LogP contribution >= 0.6 is 11.3 Å². The summed E-state index contributed by atoms with van der Waals surface area (Å²) in [5.41, 5.74) is 2.26. The smallest absolute Gasteiger partial charge is 0.260 e. The Morgan fingerprint density at radius 1 is 1.14 bits per heavy atom. The monoisotopic (exact) mass is 407 g/mol. The SMILES string of the molecule is CCc1c(C(=O)Nc2ncc(Cc3ccc(F)cc3)s2)cnn1-c1ccccn1. The summed E-state index contributed by atoms with van der Waals surface area (Å²) < 4.78 is 14.7. The lowest BCUT2D eigenvalue weighted by Crippen LogP contribution is -2.14. The summed E-state index contributed by atoms with van der Waals surface area (Å²) in [7, 11) is 0. The van der Waals surface area contributed by atoms with Gasteiger partial charge in [-0.3, -0.25) is 10.1 Å². The Hall–Kier alpha value is -3.39. The highest BCUT2D eigenvalue weighted by atomic mass is 32.1. The summed E-state index contributed by atoms with van der Waals surface area (Å²) in [5, 5.41) is 7.70. The second-order valence-electron chi connectivity index (χ2n) is 6.35. The van der Waals surface area contributed by atoms with E-state index < -0.39 is 0 Å². The van der Waals surface area contributed by atoms with Crippen molar-refractivity contribution in [1.82, 2.24) is 19.7 Å². The lowest BCUT2D eigenvalue weighted by Gasteiger charge is -2.06. The van der Waals surface area contributed by atoms with Crippen LogP contribution in [-0.4, -0.2) is 25.7 Å². The molecule has 1 N–H and O–H groups in total. The van der Waals surface area contributed by atoms with Crippen LogP contribution in [0.2, 0.25) is 0 Å². The van der Waals surface area contributed by atoms with Crippen molar-refractivity contribution in [3.63, 3.8) is 0 Å². The van der Waals surface area contributed by atoms with Crippen molar-refractivity contribution in [2.24, 2.45) is 0 Å². The Bertz CT molecular complexity index is 1120. The molecule has 8 heteroatoms. The topological polar surface area (TPSA) is 72.7 Å². The van der Waals surface area contributed by atoms with E-state index in [1.54, 1.807) is 35.4 Å². The number of benzene rings is 1. The molecule has 3 heterocycles. The summed E-state index contributed by atoms with van der Waals surface area (Å²) >= 11 is 1.40. The van der Waals surface area contributed by atoms with Crippen molar-refractivity contribution in [2.75, 3.05) is 5.32 Å². The van der Waals surface area contributed by atoms with Gasteiger partial charge in [-0.25, -0.2) is 19.0 Å². The molecule has 4 aromatic rings. The van der Waals surface area contributed by atoms with Crippen LogP contribution < -0.4 is 5.32 Å². The van der Waals surface area contributed by atoms with Crippen LogP contribution in [0.3, 0.4) is 0 Å². The fourth-order valence-electron chi connectivity index (χ4n) is 3.00. The van der Waals surface area contributed by atoms with E-state index in [2.05, 4.69) is 20.4 Å². The van der Waals surface area contributed by atoms with E-state index in [1.165, 1.54) is 23.5 Å². The summed E-state index contributed by atoms with van der Waals surface area (Å²) in [4.78, 5) is 22.3. The molecule has 1 amide bonds. The number of amides is 1. The molecule has 0 unspecified atom stereocenters. The molecular weight excluding hydrogens is 389 g/mol. The molecule has 0 saturated heterocycles. The number of halogens is 1. The molecule has 1 aromatic carbocycles. The minimum atomic E-state index is -0.260. The number of nitrogens with zero attached hydrogens (tertiary/aromatic N) is 4. The molecular formula is C21H18FN5OS. The van der Waals surface area contributed by atoms with E-state index in [-0.39, 0.29) is 11.7 Å². The first-order valence-electron chi connectivity index (χ1n) is 9.13. The number of nitrogens with one attached hydrogen (secondary N) is 1. The molecule has 6 nitrogen and oxygen atoms in total. The molecule has 0 spiro atoms. The van der Waals surface area contributed by atoms with E-state index in [0.29, 0.717) is 29.4 Å². The zero-order chi connectivity index (χ0) is 20.2. The Labute approximate surface area is 171 Å². The third-order valence-corrected chi connectivity index (χ3v) is 5.29. The Morgan fingerprint density at radius 3 is 2.69 bits per heavy atom. The predicted octanol–water partition coefficient (Wildman–Crippen LogP) is 4.27. The molecule has 4 rings (SSSR count). The van der Waals surface area contributed by atoms with Gasteiger partial charge in [-0.1, -0.05) is 25.1 Å². The van der Waals surface area contributed by atoms with Gasteiger partial charge in [0.25, 0.3) is 5.91 Å². The quantitative estimate of drug-likeness (QED) is 0.518. The zero-order valence-corrected chi connectivity index (χ0v) is 16.5. The van der Waals surface area contributed by atoms with Crippen LogP contribution in [0.1, 0.15) is 33.4 Å². The Morgan fingerprint density at radius 2 is 1.97 bits per heavy atom. The number of pyridine rings is 1. The summed E-state index contributed by atoms with van der Waals surface area (Å²) in [5.74, 6) is 0.148. The standard InChI is InChI=1S/C21H18FN5OS/c1-2-18-17(13-25-27(18)19-5-3-4-10-23-19)20(28)26-21-24-12-16(29-21)11-14-6-8-15(22)9-7-14/h3-10,12-13H,2,11H2,1H3,(H,24,26,28). The molecule has 3 aromatic heterocycles. The second-order valence-corrected chi connectivity index (χ2v) is 7.46. The number of hydrogen-bond acceptors (Lipinski definition) is 5. The van der Waals surface area contributed by atoms with Gasteiger partial charge in [-0.05, 0) is 36.2 Å². The van der Waals surface area contributed by atoms with Gasteiger partial charge in [0, 0.05) is 23.7 Å². The van der Waals surface area contributed by atoms with E-state index in [1.807, 2.05) is 25.1 Å². The maximum atomic E-state index is 13.0. The highest BCUT2D eigenvalue weighted by Crippen LogP contribution is 2.23. The number of thiazole rings is 1. The summed E-state index contributed by atoms with van der Waals surface area (Å²) in [6.45, 7) is 1.97. The van der Waals surface area contributed by atoms with Crippen molar-refractivity contribution < 1.29 is 9.18 Å². The van der Waals surface area contributed by atoms with Gasteiger partial charge in [-0.2, -0.15) is 5.10 Å². The van der Waals surface area contributed by atoms with Crippen LogP contribution in [0, 0.1) is 5.82 Å². The van der Waals surface area contributed by atoms with Gasteiger partial charge >= 0.3 is 0 Å². The van der Waals surface area contributed by atoms with E-state index in [0.717, 1.165) is 16.1 Å². The average molecular weight is 407 g/mol. The van der Waals surface area contributed by atoms with Crippen LogP contribution in [0.15, 0.2) is 61.1 Å². The largest absolute Gasteiger partial charge is 0.298 e. The lowest BCUT2D eigenvalue weighted by molar-refractivity contribution is 0.102. The first-order valence-corrected chi connectivity index (χ1v) is 9.94. The number of hydrogen-bond donors (Lipinski definition) is 1. The summed E-state index contributed by atoms with van der Waals surface area (Å²) in [6, 6.07) is 11.9. The molecule has 0 aliphatic heterocycles. The molecule has 0 aliphatic rings. The maximum absolute atomic E-state index is 13.0. The predicted molar refractivity (Wildman–Crippen MR) is 110 cm³/mol. The Balaban J connectivity index is 1.49. The molecule has 0 bridgehead atoms. The molecule has 0 atom stereocenters. The minimum absolute atomic E-state index is 0.258. The normalized spacial score (nSPS) is 10.8. The third kappa shape index (κ3) is 4.22. The van der Waals surface area contributed by atoms with Gasteiger partial charge in [0.15, 0.2) is 10.9 Å². The van der Waals surface area contributed by atoms with Gasteiger partial charge in [-0.15, -0.1) is 11.3 Å².